The number of benzene rings is 2. The van der Waals surface area contributed by atoms with E-state index in [1.54, 1.807) is 0 Å². The average Bonchev–Trinajstić information content (AvgIpc) is 3.09. The molecule has 0 bridgehead atoms. The first-order chi connectivity index (χ1) is 10.8. The highest BCUT2D eigenvalue weighted by Crippen LogP contribution is 2.25. The third-order valence-corrected chi connectivity index (χ3v) is 3.83. The average molecular weight is 296 g/mol. The molecule has 0 saturated carbocycles. The van der Waals surface area contributed by atoms with Gasteiger partial charge in [0.05, 0.1) is 5.92 Å². The van der Waals surface area contributed by atoms with E-state index in [9.17, 15) is 4.79 Å². The molecular formula is C18H20N2O2. The van der Waals surface area contributed by atoms with Crippen molar-refractivity contribution in [3.63, 3.8) is 0 Å². The number of amides is 1. The summed E-state index contributed by atoms with van der Waals surface area (Å²) in [4.78, 5) is 12.1. The molecule has 1 atom stereocenters. The van der Waals surface area contributed by atoms with Crippen molar-refractivity contribution in [3.05, 3.63) is 60.2 Å². The fraction of sp³-hybridized carbons (Fsp3) is 0.278. The van der Waals surface area contributed by atoms with E-state index in [4.69, 9.17) is 4.74 Å². The zero-order valence-electron chi connectivity index (χ0n) is 12.4. The van der Waals surface area contributed by atoms with Gasteiger partial charge >= 0.3 is 0 Å². The number of hydrogen-bond acceptors (Lipinski definition) is 3. The number of carbonyl (C=O) groups is 1. The van der Waals surface area contributed by atoms with Gasteiger partial charge in [0.15, 0.2) is 0 Å². The summed E-state index contributed by atoms with van der Waals surface area (Å²) >= 11 is 0. The van der Waals surface area contributed by atoms with Crippen LogP contribution in [-0.4, -0.2) is 19.0 Å². The number of ether oxygens (including phenoxy) is 1. The van der Waals surface area contributed by atoms with Gasteiger partial charge in [0.25, 0.3) is 0 Å². The molecule has 0 spiro atoms. The van der Waals surface area contributed by atoms with Gasteiger partial charge in [0, 0.05) is 18.7 Å². The van der Waals surface area contributed by atoms with Crippen LogP contribution < -0.4 is 15.4 Å². The van der Waals surface area contributed by atoms with Crippen LogP contribution in [0.4, 0.5) is 0 Å². The van der Waals surface area contributed by atoms with Gasteiger partial charge < -0.3 is 15.4 Å². The fourth-order valence-corrected chi connectivity index (χ4v) is 2.57. The predicted octanol–water partition coefficient (Wildman–Crippen LogP) is 2.70. The maximum absolute atomic E-state index is 12.1. The van der Waals surface area contributed by atoms with Gasteiger partial charge in [-0.3, -0.25) is 4.79 Å². The van der Waals surface area contributed by atoms with Crippen LogP contribution in [0.15, 0.2) is 54.6 Å². The van der Waals surface area contributed by atoms with Crippen molar-refractivity contribution in [1.29, 1.82) is 0 Å². The zero-order chi connectivity index (χ0) is 15.2. The topological polar surface area (TPSA) is 50.4 Å². The SMILES string of the molecule is O=C(NCc1ccccc1Oc1ccccc1)C1CCNC1. The Labute approximate surface area is 130 Å². The highest BCUT2D eigenvalue weighted by Gasteiger charge is 2.22. The van der Waals surface area contributed by atoms with Crippen molar-refractivity contribution >= 4 is 5.91 Å². The molecule has 22 heavy (non-hydrogen) atoms. The lowest BCUT2D eigenvalue weighted by Crippen LogP contribution is -2.31. The van der Waals surface area contributed by atoms with Crippen molar-refractivity contribution in [2.75, 3.05) is 13.1 Å². The summed E-state index contributed by atoms with van der Waals surface area (Å²) in [5.74, 6) is 1.77. The second kappa shape index (κ2) is 7.09. The maximum Gasteiger partial charge on any atom is 0.224 e. The van der Waals surface area contributed by atoms with Crippen LogP contribution in [0, 0.1) is 5.92 Å². The molecule has 4 heteroatoms. The van der Waals surface area contributed by atoms with Crippen LogP contribution in [0.25, 0.3) is 0 Å². The Hall–Kier alpha value is -2.33. The van der Waals surface area contributed by atoms with Crippen LogP contribution >= 0.6 is 0 Å². The Kier molecular flexibility index (Phi) is 4.71. The molecule has 3 rings (SSSR count). The molecule has 114 valence electrons. The van der Waals surface area contributed by atoms with E-state index in [1.165, 1.54) is 0 Å². The summed E-state index contributed by atoms with van der Waals surface area (Å²) in [6, 6.07) is 17.4. The fourth-order valence-electron chi connectivity index (χ4n) is 2.57. The Morgan fingerprint density at radius 3 is 2.68 bits per heavy atom. The van der Waals surface area contributed by atoms with Gasteiger partial charge in [0.1, 0.15) is 11.5 Å². The minimum Gasteiger partial charge on any atom is -0.457 e. The third kappa shape index (κ3) is 3.65. The molecule has 2 N–H and O–H groups in total. The van der Waals surface area contributed by atoms with Gasteiger partial charge in [-0.2, -0.15) is 0 Å². The highest BCUT2D eigenvalue weighted by molar-refractivity contribution is 5.79. The van der Waals surface area contributed by atoms with E-state index in [0.717, 1.165) is 36.6 Å². The van der Waals surface area contributed by atoms with E-state index >= 15 is 0 Å². The molecule has 4 nitrogen and oxygen atoms in total. The number of hydrogen-bond donors (Lipinski definition) is 2. The van der Waals surface area contributed by atoms with Crippen LogP contribution in [0.3, 0.4) is 0 Å². The molecule has 1 fully saturated rings. The summed E-state index contributed by atoms with van der Waals surface area (Å²) in [5.41, 5.74) is 0.977. The first-order valence-electron chi connectivity index (χ1n) is 7.62. The van der Waals surface area contributed by atoms with Crippen LogP contribution in [0.1, 0.15) is 12.0 Å². The van der Waals surface area contributed by atoms with Crippen molar-refractivity contribution in [1.82, 2.24) is 10.6 Å². The summed E-state index contributed by atoms with van der Waals surface area (Å²) in [5, 5.41) is 6.22. The summed E-state index contributed by atoms with van der Waals surface area (Å²) in [6.45, 7) is 2.18. The molecule has 1 heterocycles. The highest BCUT2D eigenvalue weighted by atomic mass is 16.5. The Morgan fingerprint density at radius 1 is 1.14 bits per heavy atom. The smallest absolute Gasteiger partial charge is 0.224 e. The lowest BCUT2D eigenvalue weighted by molar-refractivity contribution is -0.124. The number of rotatable bonds is 5. The maximum atomic E-state index is 12.1. The zero-order valence-corrected chi connectivity index (χ0v) is 12.4. The molecule has 1 aliphatic rings. The van der Waals surface area contributed by atoms with Crippen LogP contribution in [0.2, 0.25) is 0 Å². The first kappa shape index (κ1) is 14.6. The van der Waals surface area contributed by atoms with Crippen molar-refractivity contribution < 1.29 is 9.53 Å². The van der Waals surface area contributed by atoms with Crippen molar-refractivity contribution in [2.45, 2.75) is 13.0 Å². The summed E-state index contributed by atoms with van der Waals surface area (Å²) in [6.07, 6.45) is 0.911. The monoisotopic (exact) mass is 296 g/mol. The van der Waals surface area contributed by atoms with Gasteiger partial charge in [-0.05, 0) is 31.2 Å². The lowest BCUT2D eigenvalue weighted by atomic mass is 10.1. The Bertz CT molecular complexity index is 622. The minimum absolute atomic E-state index is 0.0854. The molecule has 2 aromatic rings. The molecular weight excluding hydrogens is 276 g/mol. The van der Waals surface area contributed by atoms with E-state index in [2.05, 4.69) is 10.6 Å². The van der Waals surface area contributed by atoms with Gasteiger partial charge in [-0.25, -0.2) is 0 Å². The quantitative estimate of drug-likeness (QED) is 0.892. The van der Waals surface area contributed by atoms with Gasteiger partial charge in [-0.15, -0.1) is 0 Å². The minimum atomic E-state index is 0.0854. The standard InChI is InChI=1S/C18H20N2O2/c21-18(15-10-11-19-12-15)20-13-14-6-4-5-9-17(14)22-16-7-2-1-3-8-16/h1-9,15,19H,10-13H2,(H,20,21). The predicted molar refractivity (Wildman–Crippen MR) is 85.8 cm³/mol. The molecule has 0 aromatic heterocycles. The molecule has 0 radical (unpaired) electrons. The molecule has 1 saturated heterocycles. The number of para-hydroxylation sites is 2. The molecule has 1 aliphatic heterocycles. The Morgan fingerprint density at radius 2 is 1.91 bits per heavy atom. The second-order valence-corrected chi connectivity index (χ2v) is 5.43. The molecule has 2 aromatic carbocycles. The molecule has 0 aliphatic carbocycles. The third-order valence-electron chi connectivity index (χ3n) is 3.83. The van der Waals surface area contributed by atoms with Crippen LogP contribution in [-0.2, 0) is 11.3 Å². The second-order valence-electron chi connectivity index (χ2n) is 5.43. The van der Waals surface area contributed by atoms with E-state index in [0.29, 0.717) is 6.54 Å². The van der Waals surface area contributed by atoms with E-state index in [1.807, 2.05) is 54.6 Å². The lowest BCUT2D eigenvalue weighted by Gasteiger charge is -2.13. The van der Waals surface area contributed by atoms with Crippen molar-refractivity contribution in [3.8, 4) is 11.5 Å². The number of carbonyl (C=O) groups excluding carboxylic acids is 1. The first-order valence-corrected chi connectivity index (χ1v) is 7.62. The van der Waals surface area contributed by atoms with Crippen molar-refractivity contribution in [2.24, 2.45) is 5.92 Å². The van der Waals surface area contributed by atoms with E-state index in [-0.39, 0.29) is 11.8 Å². The largest absolute Gasteiger partial charge is 0.457 e. The summed E-state index contributed by atoms with van der Waals surface area (Å²) in [7, 11) is 0. The normalized spacial score (nSPS) is 17.2. The summed E-state index contributed by atoms with van der Waals surface area (Å²) < 4.78 is 5.90. The number of nitrogens with one attached hydrogen (secondary N) is 2. The van der Waals surface area contributed by atoms with Gasteiger partial charge in [-0.1, -0.05) is 36.4 Å². The molecule has 1 unspecified atom stereocenters. The van der Waals surface area contributed by atoms with E-state index < -0.39 is 0 Å². The van der Waals surface area contributed by atoms with Gasteiger partial charge in [0.2, 0.25) is 5.91 Å². The van der Waals surface area contributed by atoms with Crippen LogP contribution in [0.5, 0.6) is 11.5 Å². The molecule has 1 amide bonds. The Balaban J connectivity index is 1.64.